The quantitative estimate of drug-likeness (QED) is 0.526. The number of methoxy groups -OCH3 is 1. The summed E-state index contributed by atoms with van der Waals surface area (Å²) in [6.45, 7) is 2.56. The molecule has 3 heteroatoms. The lowest BCUT2D eigenvalue weighted by Gasteiger charge is -1.98. The molecule has 0 amide bonds. The largest absolute Gasteiger partial charge is 0.383 e. The van der Waals surface area contributed by atoms with Crippen LogP contribution in [-0.2, 0) is 4.74 Å². The van der Waals surface area contributed by atoms with Gasteiger partial charge in [-0.2, -0.15) is 0 Å². The standard InChI is InChI=1S/C4H11NO.H3N/c1-4(5)3-6-2;/h4H,3,5H2,1-2H3;1H3. The van der Waals surface area contributed by atoms with Crippen LogP contribution in [0.2, 0.25) is 0 Å². The maximum absolute atomic E-state index is 5.28. The first kappa shape index (κ1) is 9.99. The summed E-state index contributed by atoms with van der Waals surface area (Å²) >= 11 is 0. The van der Waals surface area contributed by atoms with E-state index in [1.165, 1.54) is 0 Å². The minimum Gasteiger partial charge on any atom is -0.383 e. The Balaban J connectivity index is 0. The second-order valence-corrected chi connectivity index (χ2v) is 1.43. The Kier molecular flexibility index (Phi) is 8.39. The molecule has 0 aromatic rings. The number of ether oxygens (including phenoxy) is 1. The molecule has 1 atom stereocenters. The molecule has 5 N–H and O–H groups in total. The maximum Gasteiger partial charge on any atom is 0.0611 e. The Hall–Kier alpha value is -0.120. The summed E-state index contributed by atoms with van der Waals surface area (Å²) < 4.78 is 4.68. The normalized spacial score (nSPS) is 12.4. The lowest BCUT2D eigenvalue weighted by Crippen LogP contribution is -2.20. The first-order chi connectivity index (χ1) is 2.77. The van der Waals surface area contributed by atoms with Crippen molar-refractivity contribution in [2.75, 3.05) is 13.7 Å². The van der Waals surface area contributed by atoms with Crippen molar-refractivity contribution in [2.45, 2.75) is 13.0 Å². The predicted molar refractivity (Wildman–Crippen MR) is 30.5 cm³/mol. The average molecular weight is 106 g/mol. The van der Waals surface area contributed by atoms with E-state index in [1.54, 1.807) is 7.11 Å². The molecule has 0 radical (unpaired) electrons. The van der Waals surface area contributed by atoms with E-state index in [2.05, 4.69) is 4.74 Å². The van der Waals surface area contributed by atoms with Crippen molar-refractivity contribution in [3.05, 3.63) is 0 Å². The monoisotopic (exact) mass is 106 g/mol. The van der Waals surface area contributed by atoms with Gasteiger partial charge in [-0.3, -0.25) is 0 Å². The van der Waals surface area contributed by atoms with Gasteiger partial charge in [-0.05, 0) is 6.92 Å². The molecule has 0 bridgehead atoms. The second kappa shape index (κ2) is 5.88. The van der Waals surface area contributed by atoms with Gasteiger partial charge in [0.05, 0.1) is 6.61 Å². The molecule has 0 aliphatic carbocycles. The molecule has 0 saturated carbocycles. The molecule has 0 heterocycles. The number of rotatable bonds is 2. The molecule has 0 fully saturated rings. The summed E-state index contributed by atoms with van der Waals surface area (Å²) in [6.07, 6.45) is 0. The molecule has 46 valence electrons. The van der Waals surface area contributed by atoms with Crippen LogP contribution in [0.1, 0.15) is 6.92 Å². The van der Waals surface area contributed by atoms with Crippen molar-refractivity contribution in [1.82, 2.24) is 6.15 Å². The summed E-state index contributed by atoms with van der Waals surface area (Å²) in [7, 11) is 1.64. The van der Waals surface area contributed by atoms with Crippen LogP contribution in [0.3, 0.4) is 0 Å². The van der Waals surface area contributed by atoms with Crippen LogP contribution >= 0.6 is 0 Å². The van der Waals surface area contributed by atoms with E-state index >= 15 is 0 Å². The first-order valence-corrected chi connectivity index (χ1v) is 2.02. The van der Waals surface area contributed by atoms with E-state index in [4.69, 9.17) is 5.73 Å². The first-order valence-electron chi connectivity index (χ1n) is 2.02. The number of hydrogen-bond donors (Lipinski definition) is 2. The van der Waals surface area contributed by atoms with Crippen molar-refractivity contribution in [2.24, 2.45) is 5.73 Å². The summed E-state index contributed by atoms with van der Waals surface area (Å²) in [6, 6.07) is 0.176. The van der Waals surface area contributed by atoms with Crippen molar-refractivity contribution in [3.63, 3.8) is 0 Å². The fourth-order valence-electron chi connectivity index (χ4n) is 0.263. The molecule has 1 unspecified atom stereocenters. The van der Waals surface area contributed by atoms with E-state index < -0.39 is 0 Å². The summed E-state index contributed by atoms with van der Waals surface area (Å²) in [5.41, 5.74) is 5.28. The van der Waals surface area contributed by atoms with Crippen LogP contribution in [-0.4, -0.2) is 19.8 Å². The lowest BCUT2D eigenvalue weighted by atomic mass is 10.4. The van der Waals surface area contributed by atoms with Crippen molar-refractivity contribution >= 4 is 0 Å². The predicted octanol–water partition coefficient (Wildman–Crippen LogP) is 0.142. The molecular weight excluding hydrogens is 92.1 g/mol. The molecule has 3 nitrogen and oxygen atoms in total. The van der Waals surface area contributed by atoms with Crippen molar-refractivity contribution in [1.29, 1.82) is 0 Å². The fourth-order valence-corrected chi connectivity index (χ4v) is 0.263. The Morgan fingerprint density at radius 2 is 2.14 bits per heavy atom. The van der Waals surface area contributed by atoms with Crippen LogP contribution in [0.25, 0.3) is 0 Å². The molecule has 7 heavy (non-hydrogen) atoms. The Labute approximate surface area is 44.4 Å². The van der Waals surface area contributed by atoms with Gasteiger partial charge in [-0.25, -0.2) is 0 Å². The van der Waals surface area contributed by atoms with Crippen LogP contribution < -0.4 is 11.9 Å². The van der Waals surface area contributed by atoms with Crippen LogP contribution in [0.5, 0.6) is 0 Å². The smallest absolute Gasteiger partial charge is 0.0611 e. The van der Waals surface area contributed by atoms with Gasteiger partial charge in [0.25, 0.3) is 0 Å². The van der Waals surface area contributed by atoms with Crippen LogP contribution in [0.15, 0.2) is 0 Å². The highest BCUT2D eigenvalue weighted by Crippen LogP contribution is 1.71. The summed E-state index contributed by atoms with van der Waals surface area (Å²) in [5, 5.41) is 0. The van der Waals surface area contributed by atoms with Gasteiger partial charge in [0.15, 0.2) is 0 Å². The zero-order valence-electron chi connectivity index (χ0n) is 4.98. The fraction of sp³-hybridized carbons (Fsp3) is 1.00. The van der Waals surface area contributed by atoms with Gasteiger partial charge < -0.3 is 16.6 Å². The molecule has 0 spiro atoms. The molecule has 0 aliphatic rings. The third kappa shape index (κ3) is 10.7. The summed E-state index contributed by atoms with van der Waals surface area (Å²) in [4.78, 5) is 0. The van der Waals surface area contributed by atoms with Gasteiger partial charge in [0.2, 0.25) is 0 Å². The second-order valence-electron chi connectivity index (χ2n) is 1.43. The van der Waals surface area contributed by atoms with E-state index in [0.29, 0.717) is 6.61 Å². The van der Waals surface area contributed by atoms with E-state index in [1.807, 2.05) is 6.92 Å². The average Bonchev–Trinajstić information content (AvgIpc) is 1.35. The molecule has 0 aromatic heterocycles. The minimum atomic E-state index is 0. The Morgan fingerprint density at radius 3 is 2.14 bits per heavy atom. The third-order valence-corrected chi connectivity index (χ3v) is 0.430. The van der Waals surface area contributed by atoms with E-state index in [-0.39, 0.29) is 12.2 Å². The summed E-state index contributed by atoms with van der Waals surface area (Å²) in [5.74, 6) is 0. The highest BCUT2D eigenvalue weighted by atomic mass is 16.5. The van der Waals surface area contributed by atoms with Crippen molar-refractivity contribution in [3.8, 4) is 0 Å². The molecular formula is C4H14N2O. The topological polar surface area (TPSA) is 70.2 Å². The molecule has 0 aromatic carbocycles. The SMILES string of the molecule is COCC(C)N.N. The van der Waals surface area contributed by atoms with Gasteiger partial charge >= 0.3 is 0 Å². The zero-order chi connectivity index (χ0) is 4.99. The van der Waals surface area contributed by atoms with Gasteiger partial charge in [0, 0.05) is 13.2 Å². The highest BCUT2D eigenvalue weighted by Gasteiger charge is 1.85. The number of nitrogens with two attached hydrogens (primary N) is 1. The van der Waals surface area contributed by atoms with E-state index in [9.17, 15) is 0 Å². The molecule has 0 aliphatic heterocycles. The minimum absolute atomic E-state index is 0. The van der Waals surface area contributed by atoms with Gasteiger partial charge in [-0.1, -0.05) is 0 Å². The number of hydrogen-bond acceptors (Lipinski definition) is 3. The molecule has 0 saturated heterocycles. The highest BCUT2D eigenvalue weighted by molar-refractivity contribution is 4.45. The molecule has 0 rings (SSSR count). The van der Waals surface area contributed by atoms with Gasteiger partial charge in [0.1, 0.15) is 0 Å². The van der Waals surface area contributed by atoms with E-state index in [0.717, 1.165) is 0 Å². The van der Waals surface area contributed by atoms with Gasteiger partial charge in [-0.15, -0.1) is 0 Å². The Morgan fingerprint density at radius 1 is 1.71 bits per heavy atom. The maximum atomic E-state index is 5.28. The lowest BCUT2D eigenvalue weighted by molar-refractivity contribution is 0.185. The zero-order valence-corrected chi connectivity index (χ0v) is 4.98. The van der Waals surface area contributed by atoms with Crippen molar-refractivity contribution < 1.29 is 4.74 Å². The third-order valence-electron chi connectivity index (χ3n) is 0.430. The Bertz CT molecular complexity index is 30.9. The van der Waals surface area contributed by atoms with Crippen LogP contribution in [0, 0.1) is 0 Å². The van der Waals surface area contributed by atoms with Crippen LogP contribution in [0.4, 0.5) is 0 Å².